The summed E-state index contributed by atoms with van der Waals surface area (Å²) >= 11 is 2.44. The van der Waals surface area contributed by atoms with Gasteiger partial charge < -0.3 is 42.4 Å². The third-order valence-corrected chi connectivity index (χ3v) is 9.39. The van der Waals surface area contributed by atoms with Gasteiger partial charge in [-0.2, -0.15) is 0 Å². The second-order valence-electron chi connectivity index (χ2n) is 11.7. The van der Waals surface area contributed by atoms with Crippen LogP contribution < -0.4 is 32.5 Å². The molecule has 0 bridgehead atoms. The van der Waals surface area contributed by atoms with Gasteiger partial charge in [-0.05, 0) is 82.1 Å². The minimum Gasteiger partial charge on any atom is -0.544 e. The molecule has 0 spiro atoms. The van der Waals surface area contributed by atoms with Crippen molar-refractivity contribution >= 4 is 63.8 Å². The molecule has 0 saturated heterocycles. The Kier molecular flexibility index (Phi) is 13.9. The molecule has 0 aliphatic heterocycles. The van der Waals surface area contributed by atoms with Crippen LogP contribution >= 0.6 is 22.7 Å². The molecular weight excluding hydrogens is 643 g/mol. The molecule has 4 rings (SSSR count). The first-order chi connectivity index (χ1) is 22.3. The number of rotatable bonds is 12. The van der Waals surface area contributed by atoms with E-state index in [1.54, 1.807) is 34.0 Å². The van der Waals surface area contributed by atoms with Crippen molar-refractivity contribution in [3.05, 3.63) is 51.8 Å². The number of aromatic nitrogens is 1. The number of thiophene rings is 1. The van der Waals surface area contributed by atoms with E-state index < -0.39 is 18.0 Å². The second-order valence-corrected chi connectivity index (χ2v) is 13.4. The number of carboxylic acid groups (broad SMARTS) is 2. The summed E-state index contributed by atoms with van der Waals surface area (Å²) in [5, 5.41) is 24.9. The highest BCUT2D eigenvalue weighted by molar-refractivity contribution is 7.18. The van der Waals surface area contributed by atoms with Gasteiger partial charge in [0.05, 0.1) is 22.0 Å². The maximum atomic E-state index is 13.5. The maximum absolute atomic E-state index is 13.5. The number of benzene rings is 1. The average molecular weight is 685 g/mol. The van der Waals surface area contributed by atoms with Gasteiger partial charge in [-0.25, -0.2) is 4.98 Å². The van der Waals surface area contributed by atoms with Gasteiger partial charge in [0.25, 0.3) is 5.91 Å². The number of thiazole rings is 1. The molecule has 1 aliphatic rings. The molecule has 1 saturated carbocycles. The molecule has 1 atom stereocenters. The molecule has 8 N–H and O–H groups in total. The smallest absolute Gasteiger partial charge is 0.320 e. The molecule has 254 valence electrons. The molecular formula is C32H42N7O6S2-. The third kappa shape index (κ3) is 10.9. The van der Waals surface area contributed by atoms with Gasteiger partial charge in [-0.1, -0.05) is 19.1 Å². The van der Waals surface area contributed by atoms with Crippen LogP contribution in [0.3, 0.4) is 0 Å². The van der Waals surface area contributed by atoms with Crippen LogP contribution in [0.4, 0.5) is 11.4 Å². The fourth-order valence-corrected chi connectivity index (χ4v) is 6.61. The summed E-state index contributed by atoms with van der Waals surface area (Å²) in [4.78, 5) is 58.0. The number of anilines is 2. The van der Waals surface area contributed by atoms with Crippen LogP contribution in [-0.2, 0) is 9.59 Å². The summed E-state index contributed by atoms with van der Waals surface area (Å²) in [6.07, 6.45) is 4.63. The lowest BCUT2D eigenvalue weighted by molar-refractivity contribution is -0.254. The quantitative estimate of drug-likeness (QED) is 0.106. The first kappa shape index (κ1) is 37.1. The Labute approximate surface area is 281 Å². The molecule has 15 heteroatoms. The van der Waals surface area contributed by atoms with Gasteiger partial charge >= 0.3 is 5.97 Å². The van der Waals surface area contributed by atoms with E-state index in [0.717, 1.165) is 42.6 Å². The number of guanidine groups is 1. The minimum atomic E-state index is -1.29. The number of amides is 2. The SMILES string of the molecule is CC1CCC(C(=O)N(c2cc(-c3ccc(NC(=O)c4cscn4)cc3)sc2C(=O)[O-])C(C)C)CC1.NC(N)=NCCC[C@H](N)C(=O)O. The van der Waals surface area contributed by atoms with Crippen LogP contribution in [0.15, 0.2) is 46.2 Å². The molecule has 0 radical (unpaired) electrons. The van der Waals surface area contributed by atoms with Crippen LogP contribution in [0.5, 0.6) is 0 Å². The van der Waals surface area contributed by atoms with Gasteiger partial charge in [-0.15, -0.1) is 22.7 Å². The fraction of sp³-hybridized carbons (Fsp3) is 0.438. The Bertz CT molecular complexity index is 1530. The summed E-state index contributed by atoms with van der Waals surface area (Å²) in [6.45, 7) is 6.43. The predicted octanol–water partition coefficient (Wildman–Crippen LogP) is 3.51. The maximum Gasteiger partial charge on any atom is 0.320 e. The molecule has 1 aromatic carbocycles. The van der Waals surface area contributed by atoms with E-state index >= 15 is 0 Å². The van der Waals surface area contributed by atoms with Crippen LogP contribution in [0, 0.1) is 11.8 Å². The van der Waals surface area contributed by atoms with Gasteiger partial charge in [0, 0.05) is 34.4 Å². The second kappa shape index (κ2) is 17.5. The van der Waals surface area contributed by atoms with Crippen molar-refractivity contribution in [1.82, 2.24) is 4.98 Å². The van der Waals surface area contributed by atoms with Crippen LogP contribution in [-0.4, -0.2) is 58.4 Å². The zero-order valence-corrected chi connectivity index (χ0v) is 28.3. The molecule has 13 nitrogen and oxygen atoms in total. The lowest BCUT2D eigenvalue weighted by Gasteiger charge is -2.33. The number of aliphatic carboxylic acids is 1. The number of nitrogens with zero attached hydrogens (tertiary/aromatic N) is 3. The van der Waals surface area contributed by atoms with E-state index in [1.807, 2.05) is 26.0 Å². The first-order valence-corrected chi connectivity index (χ1v) is 17.1. The molecule has 2 amide bonds. The van der Waals surface area contributed by atoms with E-state index in [-0.39, 0.29) is 34.6 Å². The van der Waals surface area contributed by atoms with Crippen LogP contribution in [0.1, 0.15) is 79.5 Å². The summed E-state index contributed by atoms with van der Waals surface area (Å²) < 4.78 is 0. The van der Waals surface area contributed by atoms with Crippen molar-refractivity contribution in [3.63, 3.8) is 0 Å². The predicted molar refractivity (Wildman–Crippen MR) is 183 cm³/mol. The molecule has 2 aromatic heterocycles. The number of hydrogen-bond acceptors (Lipinski definition) is 10. The van der Waals surface area contributed by atoms with Crippen molar-refractivity contribution in [2.75, 3.05) is 16.8 Å². The Balaban J connectivity index is 0.000000426. The summed E-state index contributed by atoms with van der Waals surface area (Å²) in [6, 6.07) is 7.90. The van der Waals surface area contributed by atoms with Gasteiger partial charge in [-0.3, -0.25) is 19.4 Å². The Morgan fingerprint density at radius 2 is 1.79 bits per heavy atom. The van der Waals surface area contributed by atoms with Crippen molar-refractivity contribution in [3.8, 4) is 10.4 Å². The summed E-state index contributed by atoms with van der Waals surface area (Å²) in [5.41, 5.74) is 19.1. The Morgan fingerprint density at radius 3 is 2.32 bits per heavy atom. The van der Waals surface area contributed by atoms with Crippen LogP contribution in [0.25, 0.3) is 10.4 Å². The summed E-state index contributed by atoms with van der Waals surface area (Å²) in [7, 11) is 0. The lowest BCUT2D eigenvalue weighted by atomic mass is 9.82. The topological polar surface area (TPSA) is 230 Å². The van der Waals surface area contributed by atoms with E-state index in [2.05, 4.69) is 22.2 Å². The first-order valence-electron chi connectivity index (χ1n) is 15.3. The minimum absolute atomic E-state index is 0.0129. The number of carbonyl (C=O) groups is 4. The van der Waals surface area contributed by atoms with Gasteiger partial charge in [0.15, 0.2) is 5.96 Å². The van der Waals surface area contributed by atoms with Gasteiger partial charge in [0.2, 0.25) is 5.91 Å². The molecule has 47 heavy (non-hydrogen) atoms. The average Bonchev–Trinajstić information content (AvgIpc) is 3.72. The van der Waals surface area contributed by atoms with Crippen molar-refractivity contribution < 1.29 is 29.4 Å². The molecule has 1 aliphatic carbocycles. The number of nitrogens with one attached hydrogen (secondary N) is 1. The molecule has 1 fully saturated rings. The van der Waals surface area contributed by atoms with E-state index in [0.29, 0.717) is 47.3 Å². The normalized spacial score (nSPS) is 16.4. The summed E-state index contributed by atoms with van der Waals surface area (Å²) in [5.74, 6) is -2.06. The zero-order valence-electron chi connectivity index (χ0n) is 26.7. The molecule has 0 unspecified atom stereocenters. The van der Waals surface area contributed by atoms with Gasteiger partial charge in [0.1, 0.15) is 11.7 Å². The standard InChI is InChI=1S/C26H29N3O4S2.C6H14N4O2/c1-15(2)29(25(31)18-6-4-16(3)5-7-18)21-12-22(35-23(21)26(32)33)17-8-10-19(11-9-17)28-24(30)20-13-34-14-27-20;7-4(5(11)12)2-1-3-10-6(8)9/h8-16,18H,4-7H2,1-3H3,(H,28,30)(H,32,33);4H,1-3,7H2,(H,11,12)(H4,8,9,10)/p-1/t;4-/m.0/s1. The van der Waals surface area contributed by atoms with E-state index in [1.165, 1.54) is 11.3 Å². The lowest BCUT2D eigenvalue weighted by Crippen LogP contribution is -2.43. The highest BCUT2D eigenvalue weighted by Gasteiger charge is 2.32. The van der Waals surface area contributed by atoms with E-state index in [9.17, 15) is 24.3 Å². The third-order valence-electron chi connectivity index (χ3n) is 7.65. The largest absolute Gasteiger partial charge is 0.544 e. The van der Waals surface area contributed by atoms with Crippen molar-refractivity contribution in [1.29, 1.82) is 0 Å². The highest BCUT2D eigenvalue weighted by atomic mass is 32.1. The van der Waals surface area contributed by atoms with Crippen molar-refractivity contribution in [2.45, 2.75) is 71.4 Å². The monoisotopic (exact) mass is 684 g/mol. The van der Waals surface area contributed by atoms with E-state index in [4.69, 9.17) is 22.3 Å². The number of aliphatic imine (C=N–C) groups is 1. The van der Waals surface area contributed by atoms with Crippen molar-refractivity contribution in [2.24, 2.45) is 34.0 Å². The number of hydrogen-bond donors (Lipinski definition) is 5. The number of carbonyl (C=O) groups excluding carboxylic acids is 3. The number of nitrogens with two attached hydrogens (primary N) is 3. The Morgan fingerprint density at radius 1 is 1.13 bits per heavy atom. The molecule has 2 heterocycles. The Hall–Kier alpha value is -4.34. The fourth-order valence-electron chi connectivity index (χ4n) is 5.08. The van der Waals surface area contributed by atoms with Crippen LogP contribution in [0.2, 0.25) is 0 Å². The molecule has 3 aromatic rings. The highest BCUT2D eigenvalue weighted by Crippen LogP contribution is 2.40. The number of carboxylic acids is 2. The zero-order chi connectivity index (χ0) is 34.7. The number of aromatic carboxylic acids is 1.